The van der Waals surface area contributed by atoms with Gasteiger partial charge in [0.1, 0.15) is 6.20 Å². The van der Waals surface area contributed by atoms with Gasteiger partial charge in [-0.25, -0.2) is 3.97 Å². The van der Waals surface area contributed by atoms with Crippen molar-refractivity contribution in [3.05, 3.63) is 22.6 Å². The second-order valence-corrected chi connectivity index (χ2v) is 1.98. The molecule has 0 saturated heterocycles. The van der Waals surface area contributed by atoms with Gasteiger partial charge in [-0.15, -0.1) is 3.89 Å². The molecule has 0 unspecified atom stereocenters. The van der Waals surface area contributed by atoms with Gasteiger partial charge in [0.2, 0.25) is 6.33 Å². The quantitative estimate of drug-likeness (QED) is 0.485. The number of nitrogens with zero attached hydrogens (tertiary/aromatic N) is 3. The van der Waals surface area contributed by atoms with Crippen LogP contribution in [-0.2, 0) is 0 Å². The summed E-state index contributed by atoms with van der Waals surface area (Å²) in [4.78, 5) is 12.5. The number of halogens is 1. The molecule has 1 aromatic heterocycles. The van der Waals surface area contributed by atoms with Crippen LogP contribution >= 0.6 is 12.3 Å². The van der Waals surface area contributed by atoms with Crippen molar-refractivity contribution in [2.45, 2.75) is 0 Å². The smallest absolute Gasteiger partial charge is 0.358 e. The Bertz CT molecular complexity index is 250. The maximum absolute atomic E-state index is 11.6. The summed E-state index contributed by atoms with van der Waals surface area (Å²) in [7, 11) is 0. The van der Waals surface area contributed by atoms with Gasteiger partial charge in [-0.3, -0.25) is 0 Å². The van der Waals surface area contributed by atoms with Crippen LogP contribution in [0.15, 0.2) is 12.5 Å². The molecule has 0 aliphatic rings. The average Bonchev–Trinajstić information content (AvgIpc) is 2.34. The van der Waals surface area contributed by atoms with Gasteiger partial charge in [0.25, 0.3) is 0 Å². The average molecular weight is 163 g/mol. The molecule has 0 bridgehead atoms. The lowest BCUT2D eigenvalue weighted by Crippen LogP contribution is -1.85. The van der Waals surface area contributed by atoms with Crippen molar-refractivity contribution < 1.29 is 8.81 Å². The summed E-state index contributed by atoms with van der Waals surface area (Å²) >= 11 is -0.143. The van der Waals surface area contributed by atoms with Gasteiger partial charge in [-0.2, -0.15) is 0 Å². The summed E-state index contributed by atoms with van der Waals surface area (Å²) in [6, 6.07) is 0. The summed E-state index contributed by atoms with van der Waals surface area (Å²) < 4.78 is 12.5. The lowest BCUT2D eigenvalue weighted by molar-refractivity contribution is -0.389. The molecule has 0 fully saturated rings. The van der Waals surface area contributed by atoms with Crippen LogP contribution in [0.1, 0.15) is 0 Å². The van der Waals surface area contributed by atoms with E-state index in [1.165, 1.54) is 0 Å². The largest absolute Gasteiger partial charge is 0.382 e. The number of hydrogen-bond acceptors (Lipinski definition) is 4. The molecule has 0 spiro atoms. The maximum Gasteiger partial charge on any atom is 0.382 e. The Hall–Kier alpha value is -1.11. The monoisotopic (exact) mass is 163 g/mol. The zero-order valence-corrected chi connectivity index (χ0v) is 5.42. The molecule has 10 heavy (non-hydrogen) atoms. The number of nitro groups is 1. The van der Waals surface area contributed by atoms with Crippen LogP contribution in [0.5, 0.6) is 0 Å². The summed E-state index contributed by atoms with van der Waals surface area (Å²) in [6.07, 6.45) is 2.02. The number of aromatic nitrogens is 2. The molecular formula is C3H2FN3O2S. The molecule has 1 rings (SSSR count). The first-order chi connectivity index (χ1) is 4.74. The van der Waals surface area contributed by atoms with Gasteiger partial charge in [0.15, 0.2) is 12.3 Å². The molecule has 0 aliphatic heterocycles. The number of hydrogen-bond donors (Lipinski definition) is 0. The molecule has 54 valence electrons. The van der Waals surface area contributed by atoms with Crippen LogP contribution in [0, 0.1) is 10.1 Å². The van der Waals surface area contributed by atoms with Crippen LogP contribution < -0.4 is 0 Å². The zero-order chi connectivity index (χ0) is 7.56. The van der Waals surface area contributed by atoms with E-state index in [4.69, 9.17) is 0 Å². The second-order valence-electron chi connectivity index (χ2n) is 1.42. The Morgan fingerprint density at radius 1 is 1.90 bits per heavy atom. The van der Waals surface area contributed by atoms with Gasteiger partial charge in [-0.05, 0) is 9.91 Å². The zero-order valence-electron chi connectivity index (χ0n) is 4.60. The third kappa shape index (κ3) is 1.24. The third-order valence-corrected chi connectivity index (χ3v) is 1.17. The van der Waals surface area contributed by atoms with E-state index in [2.05, 4.69) is 4.98 Å². The molecule has 0 aliphatic carbocycles. The van der Waals surface area contributed by atoms with Gasteiger partial charge < -0.3 is 10.1 Å². The Morgan fingerprint density at radius 3 is 2.90 bits per heavy atom. The minimum atomic E-state index is -0.688. The summed E-state index contributed by atoms with van der Waals surface area (Å²) in [6.45, 7) is 0. The van der Waals surface area contributed by atoms with Crippen molar-refractivity contribution in [2.75, 3.05) is 0 Å². The SMILES string of the molecule is O=[N+]([O-])c1cn(SF)cn1. The Morgan fingerprint density at radius 2 is 2.60 bits per heavy atom. The molecule has 0 radical (unpaired) electrons. The summed E-state index contributed by atoms with van der Waals surface area (Å²) in [5.41, 5.74) is 0. The highest BCUT2D eigenvalue weighted by Crippen LogP contribution is 2.12. The summed E-state index contributed by atoms with van der Waals surface area (Å²) in [5.74, 6) is -0.356. The first-order valence-corrected chi connectivity index (χ1v) is 2.89. The Balaban J connectivity index is 2.88. The molecule has 0 atom stereocenters. The molecule has 0 aromatic carbocycles. The molecule has 7 heteroatoms. The van der Waals surface area contributed by atoms with Crippen LogP contribution in [0.3, 0.4) is 0 Å². The minimum absolute atomic E-state index is 0.143. The van der Waals surface area contributed by atoms with Gasteiger partial charge in [0, 0.05) is 0 Å². The van der Waals surface area contributed by atoms with Crippen molar-refractivity contribution >= 4 is 18.2 Å². The lowest BCUT2D eigenvalue weighted by atomic mass is 10.8. The van der Waals surface area contributed by atoms with Crippen LogP contribution in [0.25, 0.3) is 0 Å². The van der Waals surface area contributed by atoms with E-state index < -0.39 is 4.92 Å². The van der Waals surface area contributed by atoms with Crippen molar-refractivity contribution in [1.82, 2.24) is 8.96 Å². The van der Waals surface area contributed by atoms with Crippen molar-refractivity contribution in [3.63, 3.8) is 0 Å². The molecule has 0 amide bonds. The number of imidazole rings is 1. The fourth-order valence-corrected chi connectivity index (χ4v) is 0.645. The Kier molecular flexibility index (Phi) is 1.86. The van der Waals surface area contributed by atoms with Gasteiger partial charge in [0.05, 0.1) is 0 Å². The van der Waals surface area contributed by atoms with Gasteiger partial charge >= 0.3 is 5.82 Å². The topological polar surface area (TPSA) is 61.0 Å². The fourth-order valence-electron chi connectivity index (χ4n) is 0.429. The van der Waals surface area contributed by atoms with Crippen molar-refractivity contribution in [2.24, 2.45) is 0 Å². The predicted octanol–water partition coefficient (Wildman–Crippen LogP) is 1.17. The van der Waals surface area contributed by atoms with Crippen LogP contribution in [0.4, 0.5) is 9.70 Å². The Labute approximate surface area is 59.4 Å². The van der Waals surface area contributed by atoms with E-state index >= 15 is 0 Å². The maximum atomic E-state index is 11.6. The number of rotatable bonds is 2. The molecule has 0 saturated carbocycles. The molecule has 0 N–H and O–H groups in total. The normalized spacial score (nSPS) is 9.70. The molecule has 1 heterocycles. The highest BCUT2D eigenvalue weighted by molar-refractivity contribution is 7.92. The second kappa shape index (κ2) is 2.65. The highest BCUT2D eigenvalue weighted by atomic mass is 32.2. The van der Waals surface area contributed by atoms with Crippen molar-refractivity contribution in [1.29, 1.82) is 0 Å². The minimum Gasteiger partial charge on any atom is -0.358 e. The molecular weight excluding hydrogens is 161 g/mol. The fraction of sp³-hybridized carbons (Fsp3) is 0. The molecule has 5 nitrogen and oxygen atoms in total. The first kappa shape index (κ1) is 7.00. The lowest BCUT2D eigenvalue weighted by Gasteiger charge is -1.83. The highest BCUT2D eigenvalue weighted by Gasteiger charge is 2.09. The van der Waals surface area contributed by atoms with E-state index in [0.29, 0.717) is 0 Å². The molecule has 1 aromatic rings. The van der Waals surface area contributed by atoms with E-state index in [9.17, 15) is 14.0 Å². The van der Waals surface area contributed by atoms with E-state index in [1.807, 2.05) is 0 Å². The standard InChI is InChI=1S/C3H2FN3O2S/c4-10-6-1-3(5-2-6)7(8)9/h1-2H. The van der Waals surface area contributed by atoms with E-state index in [0.717, 1.165) is 16.5 Å². The first-order valence-electron chi connectivity index (χ1n) is 2.21. The van der Waals surface area contributed by atoms with Crippen molar-refractivity contribution in [3.8, 4) is 0 Å². The van der Waals surface area contributed by atoms with E-state index in [1.54, 1.807) is 0 Å². The van der Waals surface area contributed by atoms with Crippen LogP contribution in [0.2, 0.25) is 0 Å². The van der Waals surface area contributed by atoms with Gasteiger partial charge in [-0.1, -0.05) is 0 Å². The van der Waals surface area contributed by atoms with E-state index in [-0.39, 0.29) is 18.2 Å². The summed E-state index contributed by atoms with van der Waals surface area (Å²) in [5, 5.41) is 9.93. The predicted molar refractivity (Wildman–Crippen MR) is 33.0 cm³/mol. The van der Waals surface area contributed by atoms with Crippen LogP contribution in [-0.4, -0.2) is 13.9 Å². The third-order valence-electron chi connectivity index (χ3n) is 0.813.